The van der Waals surface area contributed by atoms with Crippen molar-refractivity contribution < 1.29 is 0 Å². The SMILES string of the molecule is Cc1[nH]c2ccccc2c1CCNCC(N)CN. The third kappa shape index (κ3) is 2.90. The summed E-state index contributed by atoms with van der Waals surface area (Å²) in [5.41, 5.74) is 15.1. The molecule has 0 fully saturated rings. The number of nitrogens with one attached hydrogen (secondary N) is 2. The average Bonchev–Trinajstić information content (AvgIpc) is 2.70. The maximum Gasteiger partial charge on any atom is 0.0458 e. The number of aryl methyl sites for hydroxylation is 1. The zero-order valence-electron chi connectivity index (χ0n) is 10.9. The number of hydrogen-bond acceptors (Lipinski definition) is 3. The molecule has 0 aliphatic heterocycles. The van der Waals surface area contributed by atoms with Crippen LogP contribution >= 0.6 is 0 Å². The van der Waals surface area contributed by atoms with Crippen LogP contribution in [0, 0.1) is 6.92 Å². The summed E-state index contributed by atoms with van der Waals surface area (Å²) in [7, 11) is 0. The molecular weight excluding hydrogens is 224 g/mol. The van der Waals surface area contributed by atoms with Gasteiger partial charge in [0.1, 0.15) is 0 Å². The number of hydrogen-bond donors (Lipinski definition) is 4. The third-order valence-electron chi connectivity index (χ3n) is 3.29. The summed E-state index contributed by atoms with van der Waals surface area (Å²) in [4.78, 5) is 3.42. The first kappa shape index (κ1) is 13.1. The maximum absolute atomic E-state index is 5.76. The summed E-state index contributed by atoms with van der Waals surface area (Å²) in [5, 5.41) is 4.67. The zero-order chi connectivity index (χ0) is 13.0. The van der Waals surface area contributed by atoms with Crippen molar-refractivity contribution in [2.75, 3.05) is 19.6 Å². The Morgan fingerprint density at radius 1 is 1.33 bits per heavy atom. The third-order valence-corrected chi connectivity index (χ3v) is 3.29. The Labute approximate surface area is 108 Å². The number of fused-ring (bicyclic) bond motifs is 1. The zero-order valence-corrected chi connectivity index (χ0v) is 10.9. The normalized spacial score (nSPS) is 13.1. The molecule has 1 heterocycles. The van der Waals surface area contributed by atoms with Crippen molar-refractivity contribution in [2.45, 2.75) is 19.4 Å². The molecular formula is C14H22N4. The van der Waals surface area contributed by atoms with Gasteiger partial charge in [-0.15, -0.1) is 0 Å². The van der Waals surface area contributed by atoms with E-state index in [9.17, 15) is 0 Å². The monoisotopic (exact) mass is 246 g/mol. The first-order valence-corrected chi connectivity index (χ1v) is 6.45. The van der Waals surface area contributed by atoms with E-state index < -0.39 is 0 Å². The molecule has 0 saturated carbocycles. The lowest BCUT2D eigenvalue weighted by atomic mass is 10.1. The van der Waals surface area contributed by atoms with Crippen LogP contribution in [-0.2, 0) is 6.42 Å². The summed E-state index contributed by atoms with van der Waals surface area (Å²) < 4.78 is 0. The van der Waals surface area contributed by atoms with Crippen LogP contribution in [-0.4, -0.2) is 30.7 Å². The van der Waals surface area contributed by atoms with E-state index in [4.69, 9.17) is 11.5 Å². The van der Waals surface area contributed by atoms with Crippen LogP contribution in [0.25, 0.3) is 10.9 Å². The maximum atomic E-state index is 5.76. The summed E-state index contributed by atoms with van der Waals surface area (Å²) in [6.07, 6.45) is 1.01. The fourth-order valence-electron chi connectivity index (χ4n) is 2.24. The van der Waals surface area contributed by atoms with Gasteiger partial charge >= 0.3 is 0 Å². The van der Waals surface area contributed by atoms with Gasteiger partial charge < -0.3 is 21.8 Å². The molecule has 4 heteroatoms. The number of benzene rings is 1. The second-order valence-electron chi connectivity index (χ2n) is 4.72. The number of aromatic amines is 1. The molecule has 0 radical (unpaired) electrons. The topological polar surface area (TPSA) is 79.9 Å². The molecule has 4 nitrogen and oxygen atoms in total. The Bertz CT molecular complexity index is 503. The van der Waals surface area contributed by atoms with Crippen LogP contribution in [0.4, 0.5) is 0 Å². The van der Waals surface area contributed by atoms with Crippen molar-refractivity contribution in [3.05, 3.63) is 35.5 Å². The van der Waals surface area contributed by atoms with Crippen LogP contribution in [0.5, 0.6) is 0 Å². The van der Waals surface area contributed by atoms with Crippen molar-refractivity contribution >= 4 is 10.9 Å². The van der Waals surface area contributed by atoms with E-state index in [-0.39, 0.29) is 6.04 Å². The Hall–Kier alpha value is -1.36. The van der Waals surface area contributed by atoms with Gasteiger partial charge in [-0.1, -0.05) is 18.2 Å². The fourth-order valence-corrected chi connectivity index (χ4v) is 2.24. The number of para-hydroxylation sites is 1. The molecule has 2 aromatic rings. The Kier molecular flexibility index (Phi) is 4.36. The van der Waals surface area contributed by atoms with Gasteiger partial charge in [0.05, 0.1) is 0 Å². The molecule has 0 spiro atoms. The highest BCUT2D eigenvalue weighted by Crippen LogP contribution is 2.21. The van der Waals surface area contributed by atoms with Gasteiger partial charge in [-0.3, -0.25) is 0 Å². The van der Waals surface area contributed by atoms with E-state index in [1.165, 1.54) is 22.2 Å². The van der Waals surface area contributed by atoms with Crippen molar-refractivity contribution in [1.29, 1.82) is 0 Å². The molecule has 0 saturated heterocycles. The van der Waals surface area contributed by atoms with Crippen molar-refractivity contribution in [3.63, 3.8) is 0 Å². The largest absolute Gasteiger partial charge is 0.358 e. The van der Waals surface area contributed by atoms with Gasteiger partial charge in [0.25, 0.3) is 0 Å². The standard InChI is InChI=1S/C14H22N4/c1-10-12(6-7-17-9-11(16)8-15)13-4-2-3-5-14(13)18-10/h2-5,11,17-18H,6-9,15-16H2,1H3. The molecule has 18 heavy (non-hydrogen) atoms. The number of H-pyrrole nitrogens is 1. The highest BCUT2D eigenvalue weighted by Gasteiger charge is 2.07. The molecule has 1 aromatic carbocycles. The van der Waals surface area contributed by atoms with Crippen LogP contribution in [0.15, 0.2) is 24.3 Å². The lowest BCUT2D eigenvalue weighted by Gasteiger charge is -2.10. The smallest absolute Gasteiger partial charge is 0.0458 e. The average molecular weight is 246 g/mol. The molecule has 0 bridgehead atoms. The Morgan fingerprint density at radius 2 is 2.11 bits per heavy atom. The van der Waals surface area contributed by atoms with E-state index in [1.807, 2.05) is 0 Å². The molecule has 1 atom stereocenters. The minimum absolute atomic E-state index is 0.0501. The van der Waals surface area contributed by atoms with E-state index in [2.05, 4.69) is 41.5 Å². The van der Waals surface area contributed by atoms with E-state index >= 15 is 0 Å². The highest BCUT2D eigenvalue weighted by molar-refractivity contribution is 5.84. The molecule has 0 aliphatic carbocycles. The summed E-state index contributed by atoms with van der Waals surface area (Å²) >= 11 is 0. The van der Waals surface area contributed by atoms with Gasteiger partial charge in [0.2, 0.25) is 0 Å². The first-order chi connectivity index (χ1) is 8.72. The molecule has 2 rings (SSSR count). The van der Waals surface area contributed by atoms with Crippen LogP contribution in [0.1, 0.15) is 11.3 Å². The molecule has 0 amide bonds. The Morgan fingerprint density at radius 3 is 2.89 bits per heavy atom. The predicted molar refractivity (Wildman–Crippen MR) is 76.6 cm³/mol. The van der Waals surface area contributed by atoms with Gasteiger partial charge in [-0.25, -0.2) is 0 Å². The number of rotatable bonds is 6. The van der Waals surface area contributed by atoms with Crippen molar-refractivity contribution in [2.24, 2.45) is 11.5 Å². The van der Waals surface area contributed by atoms with Gasteiger partial charge in [0.15, 0.2) is 0 Å². The Balaban J connectivity index is 1.97. The van der Waals surface area contributed by atoms with E-state index in [0.29, 0.717) is 6.54 Å². The van der Waals surface area contributed by atoms with Gasteiger partial charge in [-0.2, -0.15) is 0 Å². The fraction of sp³-hybridized carbons (Fsp3) is 0.429. The van der Waals surface area contributed by atoms with Crippen LogP contribution < -0.4 is 16.8 Å². The van der Waals surface area contributed by atoms with Crippen LogP contribution in [0.2, 0.25) is 0 Å². The molecule has 1 unspecified atom stereocenters. The summed E-state index contributed by atoms with van der Waals surface area (Å²) in [6, 6.07) is 8.47. The minimum Gasteiger partial charge on any atom is -0.358 e. The number of aromatic nitrogens is 1. The first-order valence-electron chi connectivity index (χ1n) is 6.45. The molecule has 1 aromatic heterocycles. The summed E-state index contributed by atoms with van der Waals surface area (Å²) in [5.74, 6) is 0. The quantitative estimate of drug-likeness (QED) is 0.572. The minimum atomic E-state index is 0.0501. The van der Waals surface area contributed by atoms with E-state index in [0.717, 1.165) is 19.5 Å². The number of nitrogens with two attached hydrogens (primary N) is 2. The molecule has 98 valence electrons. The molecule has 0 aliphatic rings. The lowest BCUT2D eigenvalue weighted by molar-refractivity contribution is 0.583. The van der Waals surface area contributed by atoms with Crippen molar-refractivity contribution in [1.82, 2.24) is 10.3 Å². The van der Waals surface area contributed by atoms with Gasteiger partial charge in [-0.05, 0) is 31.5 Å². The second kappa shape index (κ2) is 6.00. The highest BCUT2D eigenvalue weighted by atomic mass is 14.9. The van der Waals surface area contributed by atoms with Gasteiger partial charge in [0, 0.05) is 35.7 Å². The second-order valence-corrected chi connectivity index (χ2v) is 4.72. The molecule has 6 N–H and O–H groups in total. The van der Waals surface area contributed by atoms with Crippen molar-refractivity contribution in [3.8, 4) is 0 Å². The van der Waals surface area contributed by atoms with E-state index in [1.54, 1.807) is 0 Å². The lowest BCUT2D eigenvalue weighted by Crippen LogP contribution is -2.40. The van der Waals surface area contributed by atoms with Crippen LogP contribution in [0.3, 0.4) is 0 Å². The predicted octanol–water partition coefficient (Wildman–Crippen LogP) is 0.894. The summed E-state index contributed by atoms with van der Waals surface area (Å²) in [6.45, 7) is 4.36.